The van der Waals surface area contributed by atoms with E-state index in [-0.39, 0.29) is 18.5 Å². The summed E-state index contributed by atoms with van der Waals surface area (Å²) in [5.41, 5.74) is 0. The number of hydrogen-bond donors (Lipinski definition) is 0. The van der Waals surface area contributed by atoms with Crippen LogP contribution in [0.4, 0.5) is 5.95 Å². The Kier molecular flexibility index (Phi) is 5.27. The van der Waals surface area contributed by atoms with Gasteiger partial charge in [0.25, 0.3) is 0 Å². The highest BCUT2D eigenvalue weighted by atomic mass is 16.6. The van der Waals surface area contributed by atoms with Gasteiger partial charge in [0.15, 0.2) is 11.5 Å². The number of para-hydroxylation sites is 2. The van der Waals surface area contributed by atoms with Crippen LogP contribution < -0.4 is 9.47 Å². The summed E-state index contributed by atoms with van der Waals surface area (Å²) in [5.74, 6) is -0.177. The zero-order chi connectivity index (χ0) is 18.5. The van der Waals surface area contributed by atoms with Crippen molar-refractivity contribution in [2.45, 2.75) is 6.54 Å². The van der Waals surface area contributed by atoms with E-state index in [1.807, 2.05) is 0 Å². The van der Waals surface area contributed by atoms with Crippen LogP contribution in [-0.4, -0.2) is 63.9 Å². The molecule has 11 nitrogen and oxygen atoms in total. The van der Waals surface area contributed by atoms with Gasteiger partial charge in [-0.1, -0.05) is 12.1 Å². The molecule has 138 valence electrons. The molecule has 26 heavy (non-hydrogen) atoms. The van der Waals surface area contributed by atoms with Crippen molar-refractivity contribution in [3.05, 3.63) is 34.4 Å². The summed E-state index contributed by atoms with van der Waals surface area (Å²) >= 11 is 0. The van der Waals surface area contributed by atoms with Gasteiger partial charge in [0.05, 0.1) is 20.3 Å². The van der Waals surface area contributed by atoms with Gasteiger partial charge in [0.2, 0.25) is 5.91 Å². The molecule has 0 unspecified atom stereocenters. The number of carbonyl (C=O) groups excluding carboxylic acids is 1. The number of carbonyl (C=O) groups is 1. The van der Waals surface area contributed by atoms with Crippen LogP contribution in [0.3, 0.4) is 0 Å². The molecule has 1 amide bonds. The monoisotopic (exact) mass is 363 g/mol. The maximum absolute atomic E-state index is 12.4. The maximum atomic E-state index is 12.4. The summed E-state index contributed by atoms with van der Waals surface area (Å²) in [4.78, 5) is 28.0. The Hall–Kier alpha value is -3.21. The Morgan fingerprint density at radius 3 is 2.65 bits per heavy atom. The molecule has 0 bridgehead atoms. The third-order valence-electron chi connectivity index (χ3n) is 3.71. The van der Waals surface area contributed by atoms with Crippen molar-refractivity contribution in [2.75, 3.05) is 33.4 Å². The fourth-order valence-corrected chi connectivity index (χ4v) is 2.41. The van der Waals surface area contributed by atoms with E-state index in [1.54, 1.807) is 29.2 Å². The number of rotatable bonds is 6. The number of ether oxygens (including phenoxy) is 3. The lowest BCUT2D eigenvalue weighted by Crippen LogP contribution is -2.42. The molecule has 2 heterocycles. The van der Waals surface area contributed by atoms with E-state index >= 15 is 0 Å². The number of morpholine rings is 1. The lowest BCUT2D eigenvalue weighted by Gasteiger charge is -2.26. The average Bonchev–Trinajstić information content (AvgIpc) is 3.05. The Morgan fingerprint density at radius 1 is 1.31 bits per heavy atom. The van der Waals surface area contributed by atoms with Crippen LogP contribution in [0.2, 0.25) is 0 Å². The first-order valence-electron chi connectivity index (χ1n) is 7.84. The highest BCUT2D eigenvalue weighted by molar-refractivity contribution is 5.76. The van der Waals surface area contributed by atoms with Crippen LogP contribution in [0.5, 0.6) is 17.5 Å². The number of nitrogens with zero attached hydrogens (tertiary/aromatic N) is 5. The molecule has 1 aromatic heterocycles. The number of hydrogen-bond acceptors (Lipinski definition) is 8. The van der Waals surface area contributed by atoms with Crippen molar-refractivity contribution in [1.82, 2.24) is 19.7 Å². The summed E-state index contributed by atoms with van der Waals surface area (Å²) in [6.07, 6.45) is 0. The Labute approximate surface area is 148 Å². The van der Waals surface area contributed by atoms with E-state index in [0.717, 1.165) is 4.68 Å². The largest absolute Gasteiger partial charge is 0.494 e. The van der Waals surface area contributed by atoms with Crippen molar-refractivity contribution in [1.29, 1.82) is 0 Å². The highest BCUT2D eigenvalue weighted by Gasteiger charge is 2.28. The fourth-order valence-electron chi connectivity index (χ4n) is 2.41. The predicted octanol–water partition coefficient (Wildman–Crippen LogP) is 0.846. The second kappa shape index (κ2) is 7.78. The van der Waals surface area contributed by atoms with Gasteiger partial charge >= 0.3 is 12.0 Å². The van der Waals surface area contributed by atoms with Crippen LogP contribution in [0.1, 0.15) is 0 Å². The topological polar surface area (TPSA) is 122 Å². The molecule has 3 rings (SSSR count). The normalized spacial score (nSPS) is 14.1. The SMILES string of the molecule is COc1ccccc1Oc1nc([N+](=O)[O-])nn1CC(=O)N1CCOCC1. The van der Waals surface area contributed by atoms with Gasteiger partial charge in [-0.25, -0.2) is 0 Å². The molecule has 2 aromatic rings. The summed E-state index contributed by atoms with van der Waals surface area (Å²) in [6.45, 7) is 1.59. The molecule has 0 N–H and O–H groups in total. The van der Waals surface area contributed by atoms with Crippen LogP contribution in [-0.2, 0) is 16.1 Å². The van der Waals surface area contributed by atoms with Crippen molar-refractivity contribution in [3.8, 4) is 17.5 Å². The molecular weight excluding hydrogens is 346 g/mol. The predicted molar refractivity (Wildman–Crippen MR) is 87.1 cm³/mol. The van der Waals surface area contributed by atoms with E-state index < -0.39 is 10.9 Å². The minimum atomic E-state index is -0.745. The first-order chi connectivity index (χ1) is 12.6. The Morgan fingerprint density at radius 2 is 2.00 bits per heavy atom. The zero-order valence-electron chi connectivity index (χ0n) is 14.0. The summed E-state index contributed by atoms with van der Waals surface area (Å²) in [5, 5.41) is 14.8. The third-order valence-corrected chi connectivity index (χ3v) is 3.71. The van der Waals surface area contributed by atoms with E-state index in [2.05, 4.69) is 10.1 Å². The number of aromatic nitrogens is 3. The first kappa shape index (κ1) is 17.6. The van der Waals surface area contributed by atoms with Gasteiger partial charge < -0.3 is 29.2 Å². The quantitative estimate of drug-likeness (QED) is 0.547. The standard InChI is InChI=1S/C15H17N5O6/c1-24-11-4-2-3-5-12(11)26-15-16-14(20(22)23)17-19(15)10-13(21)18-6-8-25-9-7-18/h2-5H,6-10H2,1H3. The van der Waals surface area contributed by atoms with Crippen molar-refractivity contribution < 1.29 is 23.9 Å². The summed E-state index contributed by atoms with van der Waals surface area (Å²) < 4.78 is 17.1. The third kappa shape index (κ3) is 3.88. The number of benzene rings is 1. The van der Waals surface area contributed by atoms with Gasteiger partial charge in [0.1, 0.15) is 6.54 Å². The highest BCUT2D eigenvalue weighted by Crippen LogP contribution is 2.30. The fraction of sp³-hybridized carbons (Fsp3) is 0.400. The first-order valence-corrected chi connectivity index (χ1v) is 7.84. The number of nitro groups is 1. The van der Waals surface area contributed by atoms with Gasteiger partial charge in [0, 0.05) is 18.2 Å². The molecule has 1 saturated heterocycles. The van der Waals surface area contributed by atoms with Gasteiger partial charge in [-0.3, -0.25) is 4.79 Å². The van der Waals surface area contributed by atoms with Crippen LogP contribution in [0, 0.1) is 10.1 Å². The van der Waals surface area contributed by atoms with E-state index in [0.29, 0.717) is 37.8 Å². The van der Waals surface area contributed by atoms with Crippen molar-refractivity contribution in [3.63, 3.8) is 0 Å². The van der Waals surface area contributed by atoms with Gasteiger partial charge in [-0.2, -0.15) is 0 Å². The maximum Gasteiger partial charge on any atom is 0.494 e. The van der Waals surface area contributed by atoms with E-state index in [9.17, 15) is 14.9 Å². The van der Waals surface area contributed by atoms with E-state index in [4.69, 9.17) is 14.2 Å². The molecule has 0 saturated carbocycles. The van der Waals surface area contributed by atoms with E-state index in [1.165, 1.54) is 7.11 Å². The van der Waals surface area contributed by atoms with Crippen molar-refractivity contribution >= 4 is 11.9 Å². The molecule has 1 aliphatic rings. The molecule has 1 aliphatic heterocycles. The minimum Gasteiger partial charge on any atom is -0.493 e. The zero-order valence-corrected chi connectivity index (χ0v) is 14.0. The molecule has 0 atom stereocenters. The van der Waals surface area contributed by atoms with Gasteiger partial charge in [-0.15, -0.1) is 4.68 Å². The second-order valence-electron chi connectivity index (χ2n) is 5.36. The Bertz CT molecular complexity index is 802. The second-order valence-corrected chi connectivity index (χ2v) is 5.36. The smallest absolute Gasteiger partial charge is 0.493 e. The van der Waals surface area contributed by atoms with Gasteiger partial charge in [-0.05, 0) is 22.0 Å². The molecular formula is C15H17N5O6. The molecule has 0 spiro atoms. The lowest BCUT2D eigenvalue weighted by atomic mass is 10.3. The number of methoxy groups -OCH3 is 1. The molecule has 11 heteroatoms. The van der Waals surface area contributed by atoms with Crippen LogP contribution >= 0.6 is 0 Å². The Balaban J connectivity index is 1.84. The molecule has 1 fully saturated rings. The summed E-state index contributed by atoms with van der Waals surface area (Å²) in [7, 11) is 1.47. The minimum absolute atomic E-state index is 0.164. The number of amides is 1. The summed E-state index contributed by atoms with van der Waals surface area (Å²) in [6, 6.07) is 6.59. The molecule has 1 aromatic carbocycles. The molecule has 0 radical (unpaired) electrons. The lowest BCUT2D eigenvalue weighted by molar-refractivity contribution is -0.394. The van der Waals surface area contributed by atoms with Crippen LogP contribution in [0.25, 0.3) is 0 Å². The van der Waals surface area contributed by atoms with Crippen LogP contribution in [0.15, 0.2) is 24.3 Å². The van der Waals surface area contributed by atoms with Crippen molar-refractivity contribution in [2.24, 2.45) is 0 Å². The average molecular weight is 363 g/mol. The molecule has 0 aliphatic carbocycles.